The summed E-state index contributed by atoms with van der Waals surface area (Å²) < 4.78 is 1.59. The van der Waals surface area contributed by atoms with E-state index in [0.717, 1.165) is 25.2 Å². The molecule has 3 rings (SSSR count). The molecule has 1 aliphatic rings. The topological polar surface area (TPSA) is 54.3 Å². The van der Waals surface area contributed by atoms with Crippen LogP contribution in [0.4, 0.5) is 0 Å². The molecule has 0 aliphatic carbocycles. The Morgan fingerprint density at radius 3 is 2.56 bits per heavy atom. The number of hydrogen-bond acceptors (Lipinski definition) is 4. The number of likely N-dealkylation sites (tertiary alicyclic amines) is 1. The van der Waals surface area contributed by atoms with Crippen molar-refractivity contribution in [2.24, 2.45) is 5.92 Å². The highest BCUT2D eigenvalue weighted by atomic mass is 16.2. The number of carbonyl (C=O) groups excluding carboxylic acids is 1. The van der Waals surface area contributed by atoms with Gasteiger partial charge in [0, 0.05) is 43.4 Å². The van der Waals surface area contributed by atoms with Crippen LogP contribution in [-0.4, -0.2) is 64.2 Å². The van der Waals surface area contributed by atoms with Crippen molar-refractivity contribution in [2.45, 2.75) is 13.8 Å². The lowest BCUT2D eigenvalue weighted by Crippen LogP contribution is -2.52. The maximum atomic E-state index is 12.2. The van der Waals surface area contributed by atoms with Crippen LogP contribution in [0.3, 0.4) is 0 Å². The van der Waals surface area contributed by atoms with E-state index >= 15 is 0 Å². The van der Waals surface area contributed by atoms with Crippen molar-refractivity contribution in [1.29, 1.82) is 0 Å². The molecule has 6 heteroatoms. The van der Waals surface area contributed by atoms with Gasteiger partial charge in [0.2, 0.25) is 5.91 Å². The molecule has 1 amide bonds. The molecule has 1 fully saturated rings. The number of benzene rings is 1. The predicted molar refractivity (Wildman–Crippen MR) is 98.9 cm³/mol. The Morgan fingerprint density at radius 2 is 1.92 bits per heavy atom. The van der Waals surface area contributed by atoms with Crippen molar-refractivity contribution >= 4 is 12.1 Å². The van der Waals surface area contributed by atoms with E-state index < -0.39 is 0 Å². The fourth-order valence-electron chi connectivity index (χ4n) is 3.21. The molecule has 1 aliphatic heterocycles. The van der Waals surface area contributed by atoms with Gasteiger partial charge in [-0.25, -0.2) is 9.67 Å². The summed E-state index contributed by atoms with van der Waals surface area (Å²) in [5, 5.41) is 4.43. The minimum atomic E-state index is 0.0263. The van der Waals surface area contributed by atoms with Gasteiger partial charge in [-0.3, -0.25) is 4.79 Å². The highest BCUT2D eigenvalue weighted by Gasteiger charge is 2.29. The van der Waals surface area contributed by atoms with Gasteiger partial charge in [0.1, 0.15) is 6.33 Å². The third-order valence-corrected chi connectivity index (χ3v) is 4.25. The van der Waals surface area contributed by atoms with Crippen molar-refractivity contribution in [1.82, 2.24) is 24.6 Å². The van der Waals surface area contributed by atoms with Crippen molar-refractivity contribution in [3.8, 4) is 11.4 Å². The molecule has 132 valence electrons. The molecule has 2 aromatic rings. The Hall–Kier alpha value is -2.47. The molecule has 0 bridgehead atoms. The van der Waals surface area contributed by atoms with E-state index in [0.29, 0.717) is 11.7 Å². The highest BCUT2D eigenvalue weighted by molar-refractivity contribution is 5.90. The van der Waals surface area contributed by atoms with E-state index in [2.05, 4.69) is 61.1 Å². The quantitative estimate of drug-likeness (QED) is 0.783. The summed E-state index contributed by atoms with van der Waals surface area (Å²) in [6.45, 7) is 6.79. The van der Waals surface area contributed by atoms with Gasteiger partial charge in [0.25, 0.3) is 0 Å². The second-order valence-corrected chi connectivity index (χ2v) is 7.11. The van der Waals surface area contributed by atoms with Crippen LogP contribution in [0.15, 0.2) is 30.6 Å². The lowest BCUT2D eigenvalue weighted by atomic mass is 10.00. The molecule has 0 unspecified atom stereocenters. The van der Waals surface area contributed by atoms with Crippen LogP contribution in [0.25, 0.3) is 17.6 Å². The summed E-state index contributed by atoms with van der Waals surface area (Å²) >= 11 is 0. The third kappa shape index (κ3) is 4.33. The van der Waals surface area contributed by atoms with Gasteiger partial charge in [0.15, 0.2) is 5.82 Å². The van der Waals surface area contributed by atoms with Crippen LogP contribution in [0.1, 0.15) is 11.1 Å². The number of carbonyl (C=O) groups is 1. The normalized spacial score (nSPS) is 15.2. The number of amides is 1. The molecule has 0 N–H and O–H groups in total. The number of nitrogens with zero attached hydrogens (tertiary/aromatic N) is 5. The Morgan fingerprint density at radius 1 is 1.24 bits per heavy atom. The molecule has 0 spiro atoms. The average molecular weight is 339 g/mol. The molecule has 1 aromatic carbocycles. The van der Waals surface area contributed by atoms with Gasteiger partial charge < -0.3 is 9.80 Å². The Balaban J connectivity index is 1.60. The van der Waals surface area contributed by atoms with E-state index in [9.17, 15) is 4.79 Å². The zero-order chi connectivity index (χ0) is 18.0. The molecule has 25 heavy (non-hydrogen) atoms. The molecular formula is C19H25N5O. The lowest BCUT2D eigenvalue weighted by molar-refractivity contribution is -0.132. The number of aryl methyl sites for hydroxylation is 2. The number of rotatable bonds is 5. The first-order valence-corrected chi connectivity index (χ1v) is 8.52. The highest BCUT2D eigenvalue weighted by Crippen LogP contribution is 2.19. The summed E-state index contributed by atoms with van der Waals surface area (Å²) in [5.41, 5.74) is 3.36. The molecule has 1 aromatic heterocycles. The van der Waals surface area contributed by atoms with E-state index in [1.807, 2.05) is 4.90 Å². The second-order valence-electron chi connectivity index (χ2n) is 7.11. The van der Waals surface area contributed by atoms with Crippen molar-refractivity contribution in [3.05, 3.63) is 41.7 Å². The SMILES string of the molecule is Cc1cc(C)cc(-c2ncn(/C=C\C(=O)N3CC(CN(C)C)C3)n2)c1. The van der Waals surface area contributed by atoms with Gasteiger partial charge in [0.05, 0.1) is 0 Å². The molecule has 0 radical (unpaired) electrons. The molecule has 6 nitrogen and oxygen atoms in total. The van der Waals surface area contributed by atoms with Crippen LogP contribution >= 0.6 is 0 Å². The monoisotopic (exact) mass is 339 g/mol. The van der Waals surface area contributed by atoms with Gasteiger partial charge in [-0.15, -0.1) is 5.10 Å². The maximum Gasteiger partial charge on any atom is 0.248 e. The Bertz CT molecular complexity index is 767. The predicted octanol–water partition coefficient (Wildman–Crippen LogP) is 2.05. The molecule has 0 atom stereocenters. The zero-order valence-corrected chi connectivity index (χ0v) is 15.3. The van der Waals surface area contributed by atoms with Gasteiger partial charge in [-0.2, -0.15) is 0 Å². The minimum Gasteiger partial charge on any atom is -0.338 e. The van der Waals surface area contributed by atoms with E-state index in [1.54, 1.807) is 23.3 Å². The molecular weight excluding hydrogens is 314 g/mol. The molecule has 2 heterocycles. The first-order valence-electron chi connectivity index (χ1n) is 8.52. The van der Waals surface area contributed by atoms with Gasteiger partial charge >= 0.3 is 0 Å². The van der Waals surface area contributed by atoms with Crippen molar-refractivity contribution < 1.29 is 4.79 Å². The van der Waals surface area contributed by atoms with Crippen LogP contribution in [-0.2, 0) is 4.79 Å². The first-order chi connectivity index (χ1) is 11.9. The summed E-state index contributed by atoms with van der Waals surface area (Å²) in [7, 11) is 4.12. The number of aromatic nitrogens is 3. The van der Waals surface area contributed by atoms with Crippen LogP contribution in [0, 0.1) is 19.8 Å². The largest absolute Gasteiger partial charge is 0.338 e. The van der Waals surface area contributed by atoms with E-state index in [4.69, 9.17) is 0 Å². The van der Waals surface area contributed by atoms with E-state index in [-0.39, 0.29) is 5.91 Å². The minimum absolute atomic E-state index is 0.0263. The summed E-state index contributed by atoms with van der Waals surface area (Å²) in [4.78, 5) is 20.5. The third-order valence-electron chi connectivity index (χ3n) is 4.25. The van der Waals surface area contributed by atoms with Crippen LogP contribution < -0.4 is 0 Å². The lowest BCUT2D eigenvalue weighted by Gasteiger charge is -2.39. The van der Waals surface area contributed by atoms with Crippen molar-refractivity contribution in [2.75, 3.05) is 33.7 Å². The van der Waals surface area contributed by atoms with Crippen LogP contribution in [0.2, 0.25) is 0 Å². The maximum absolute atomic E-state index is 12.2. The zero-order valence-electron chi connectivity index (χ0n) is 15.3. The summed E-state index contributed by atoms with van der Waals surface area (Å²) in [6.07, 6.45) is 4.86. The fourth-order valence-corrected chi connectivity index (χ4v) is 3.21. The smallest absolute Gasteiger partial charge is 0.248 e. The second kappa shape index (κ2) is 7.19. The van der Waals surface area contributed by atoms with Crippen molar-refractivity contribution in [3.63, 3.8) is 0 Å². The summed E-state index contributed by atoms with van der Waals surface area (Å²) in [5.74, 6) is 1.27. The Labute approximate surface area is 148 Å². The van der Waals surface area contributed by atoms with E-state index in [1.165, 1.54) is 11.1 Å². The molecule has 1 saturated heterocycles. The van der Waals surface area contributed by atoms with Crippen LogP contribution in [0.5, 0.6) is 0 Å². The Kier molecular flexibility index (Phi) is 4.99. The summed E-state index contributed by atoms with van der Waals surface area (Å²) in [6, 6.07) is 6.24. The fraction of sp³-hybridized carbons (Fsp3) is 0.421. The van der Waals surface area contributed by atoms with Gasteiger partial charge in [-0.05, 0) is 40.1 Å². The van der Waals surface area contributed by atoms with Gasteiger partial charge in [-0.1, -0.05) is 17.2 Å². The molecule has 0 saturated carbocycles. The standard InChI is InChI=1S/C19H25N5O/c1-14-7-15(2)9-17(8-14)19-20-13-24(21-19)6-5-18(25)23-11-16(12-23)10-22(3)4/h5-9,13,16H,10-12H2,1-4H3/b6-5-. The number of hydrogen-bond donors (Lipinski definition) is 0. The first kappa shape index (κ1) is 17.4. The average Bonchev–Trinajstić information content (AvgIpc) is 2.96.